The minimum atomic E-state index is -0.988. The van der Waals surface area contributed by atoms with Crippen LogP contribution in [0.1, 0.15) is 21.7 Å². The number of carboxylic acids is 1. The number of rotatable bonds is 5. The Morgan fingerprint density at radius 3 is 2.78 bits per heavy atom. The van der Waals surface area contributed by atoms with Gasteiger partial charge in [0.05, 0.1) is 12.8 Å². The molecule has 2 rings (SSSR count). The number of carboxylic acid groups (broad SMARTS) is 1. The Balaban J connectivity index is 1.95. The predicted molar refractivity (Wildman–Crippen MR) is 67.7 cm³/mol. The second kappa shape index (κ2) is 5.71. The van der Waals surface area contributed by atoms with Crippen LogP contribution in [-0.4, -0.2) is 11.1 Å². The van der Waals surface area contributed by atoms with E-state index in [9.17, 15) is 4.79 Å². The highest BCUT2D eigenvalue weighted by molar-refractivity contribution is 6.31. The van der Waals surface area contributed by atoms with Gasteiger partial charge in [0.25, 0.3) is 0 Å². The average Bonchev–Trinajstić information content (AvgIpc) is 2.80. The van der Waals surface area contributed by atoms with Crippen molar-refractivity contribution in [3.05, 3.63) is 58.5 Å². The molecule has 5 heteroatoms. The number of furan rings is 1. The van der Waals surface area contributed by atoms with Crippen LogP contribution in [0, 0.1) is 0 Å². The third-order valence-electron chi connectivity index (χ3n) is 2.53. The lowest BCUT2D eigenvalue weighted by Gasteiger charge is -2.05. The first kappa shape index (κ1) is 12.7. The van der Waals surface area contributed by atoms with Crippen molar-refractivity contribution < 1.29 is 14.3 Å². The van der Waals surface area contributed by atoms with Crippen LogP contribution in [0.4, 0.5) is 0 Å². The molecular formula is C13H12ClNO3. The number of hydrogen-bond donors (Lipinski definition) is 2. The van der Waals surface area contributed by atoms with Gasteiger partial charge in [-0.2, -0.15) is 0 Å². The molecule has 18 heavy (non-hydrogen) atoms. The molecule has 2 N–H and O–H groups in total. The van der Waals surface area contributed by atoms with Gasteiger partial charge in [0.2, 0.25) is 0 Å². The molecule has 1 heterocycles. The van der Waals surface area contributed by atoms with Gasteiger partial charge in [-0.3, -0.25) is 0 Å². The third-order valence-corrected chi connectivity index (χ3v) is 2.90. The third kappa shape index (κ3) is 2.91. The van der Waals surface area contributed by atoms with E-state index < -0.39 is 5.97 Å². The Morgan fingerprint density at radius 1 is 1.28 bits per heavy atom. The number of aromatic carboxylic acids is 1. The van der Waals surface area contributed by atoms with E-state index in [1.807, 2.05) is 24.3 Å². The quantitative estimate of drug-likeness (QED) is 0.873. The summed E-state index contributed by atoms with van der Waals surface area (Å²) in [5.41, 5.74) is 1.14. The summed E-state index contributed by atoms with van der Waals surface area (Å²) in [6.45, 7) is 0.902. The van der Waals surface area contributed by atoms with E-state index in [2.05, 4.69) is 5.32 Å². The highest BCUT2D eigenvalue weighted by atomic mass is 35.5. The lowest BCUT2D eigenvalue weighted by atomic mass is 10.2. The highest BCUT2D eigenvalue weighted by Crippen LogP contribution is 2.15. The summed E-state index contributed by atoms with van der Waals surface area (Å²) < 4.78 is 5.12. The summed E-state index contributed by atoms with van der Waals surface area (Å²) in [5.74, 6) is -0.576. The van der Waals surface area contributed by atoms with E-state index in [1.54, 1.807) is 0 Å². The maximum atomic E-state index is 10.9. The lowest BCUT2D eigenvalue weighted by Crippen LogP contribution is -2.14. The van der Waals surface area contributed by atoms with Crippen molar-refractivity contribution in [3.8, 4) is 0 Å². The molecule has 0 amide bonds. The zero-order chi connectivity index (χ0) is 13.0. The van der Waals surface area contributed by atoms with E-state index in [-0.39, 0.29) is 5.56 Å². The molecule has 0 bridgehead atoms. The Bertz CT molecular complexity index is 551. The van der Waals surface area contributed by atoms with Crippen molar-refractivity contribution in [3.63, 3.8) is 0 Å². The van der Waals surface area contributed by atoms with Gasteiger partial charge in [0.1, 0.15) is 11.3 Å². The predicted octanol–water partition coefficient (Wildman–Crippen LogP) is 2.92. The van der Waals surface area contributed by atoms with Crippen LogP contribution in [0.5, 0.6) is 0 Å². The van der Waals surface area contributed by atoms with E-state index in [0.717, 1.165) is 5.56 Å². The van der Waals surface area contributed by atoms with Gasteiger partial charge < -0.3 is 14.8 Å². The number of nitrogens with one attached hydrogen (secondary N) is 1. The van der Waals surface area contributed by atoms with Crippen molar-refractivity contribution in [1.29, 1.82) is 0 Å². The van der Waals surface area contributed by atoms with Crippen molar-refractivity contribution in [2.45, 2.75) is 13.1 Å². The second-order valence-corrected chi connectivity index (χ2v) is 4.16. The van der Waals surface area contributed by atoms with Crippen LogP contribution < -0.4 is 5.32 Å². The van der Waals surface area contributed by atoms with Crippen molar-refractivity contribution in [2.75, 3.05) is 0 Å². The number of halogens is 1. The zero-order valence-corrected chi connectivity index (χ0v) is 10.3. The highest BCUT2D eigenvalue weighted by Gasteiger charge is 2.12. The smallest absolute Gasteiger partial charge is 0.339 e. The number of hydrogen-bond acceptors (Lipinski definition) is 3. The fourth-order valence-corrected chi connectivity index (χ4v) is 1.82. The summed E-state index contributed by atoms with van der Waals surface area (Å²) in [5, 5.41) is 12.7. The number of carbonyl (C=O) groups is 1. The molecule has 0 aliphatic rings. The Labute approximate surface area is 109 Å². The average molecular weight is 266 g/mol. The van der Waals surface area contributed by atoms with E-state index in [1.165, 1.54) is 12.3 Å². The molecule has 0 unspecified atom stereocenters. The lowest BCUT2D eigenvalue weighted by molar-refractivity contribution is 0.0694. The first-order valence-electron chi connectivity index (χ1n) is 5.42. The SMILES string of the molecule is O=C(O)c1ccoc1CNCc1ccccc1Cl. The number of benzene rings is 1. The molecule has 0 saturated heterocycles. The molecule has 94 valence electrons. The Morgan fingerprint density at radius 2 is 2.06 bits per heavy atom. The fraction of sp³-hybridized carbons (Fsp3) is 0.154. The van der Waals surface area contributed by atoms with Crippen molar-refractivity contribution in [2.24, 2.45) is 0 Å². The molecule has 0 fully saturated rings. The summed E-state index contributed by atoms with van der Waals surface area (Å²) >= 11 is 6.01. The van der Waals surface area contributed by atoms with Gasteiger partial charge >= 0.3 is 5.97 Å². The van der Waals surface area contributed by atoms with Gasteiger partial charge in [-0.05, 0) is 17.7 Å². The summed E-state index contributed by atoms with van der Waals surface area (Å²) in [4.78, 5) is 10.9. The molecule has 0 spiro atoms. The zero-order valence-electron chi connectivity index (χ0n) is 9.52. The molecule has 4 nitrogen and oxygen atoms in total. The molecule has 0 saturated carbocycles. The molecule has 0 aliphatic carbocycles. The molecule has 1 aromatic carbocycles. The van der Waals surface area contributed by atoms with E-state index >= 15 is 0 Å². The fourth-order valence-electron chi connectivity index (χ4n) is 1.62. The van der Waals surface area contributed by atoms with Crippen LogP contribution in [0.25, 0.3) is 0 Å². The molecule has 0 radical (unpaired) electrons. The van der Waals surface area contributed by atoms with Crippen molar-refractivity contribution >= 4 is 17.6 Å². The molecule has 1 aromatic heterocycles. The summed E-state index contributed by atoms with van der Waals surface area (Å²) in [6, 6.07) is 8.93. The van der Waals surface area contributed by atoms with Gasteiger partial charge in [0.15, 0.2) is 0 Å². The first-order valence-corrected chi connectivity index (χ1v) is 5.80. The van der Waals surface area contributed by atoms with Crippen molar-refractivity contribution in [1.82, 2.24) is 5.32 Å². The maximum Gasteiger partial charge on any atom is 0.339 e. The monoisotopic (exact) mass is 265 g/mol. The van der Waals surface area contributed by atoms with Gasteiger partial charge in [0, 0.05) is 11.6 Å². The molecule has 0 atom stereocenters. The van der Waals surface area contributed by atoms with E-state index in [4.69, 9.17) is 21.1 Å². The minimum Gasteiger partial charge on any atom is -0.478 e. The standard InChI is InChI=1S/C13H12ClNO3/c14-11-4-2-1-3-9(11)7-15-8-12-10(13(16)17)5-6-18-12/h1-6,15H,7-8H2,(H,16,17). The summed E-state index contributed by atoms with van der Waals surface area (Å²) in [7, 11) is 0. The molecule has 0 aliphatic heterocycles. The first-order chi connectivity index (χ1) is 8.68. The molecule has 2 aromatic rings. The van der Waals surface area contributed by atoms with Crippen LogP contribution in [0.2, 0.25) is 5.02 Å². The van der Waals surface area contributed by atoms with E-state index in [0.29, 0.717) is 23.9 Å². The van der Waals surface area contributed by atoms with Gasteiger partial charge in [-0.1, -0.05) is 29.8 Å². The van der Waals surface area contributed by atoms with Crippen LogP contribution in [-0.2, 0) is 13.1 Å². The van der Waals surface area contributed by atoms with Gasteiger partial charge in [-0.15, -0.1) is 0 Å². The van der Waals surface area contributed by atoms with Crippen LogP contribution in [0.15, 0.2) is 41.0 Å². The summed E-state index contributed by atoms with van der Waals surface area (Å²) in [6.07, 6.45) is 1.37. The van der Waals surface area contributed by atoms with Crippen LogP contribution >= 0.6 is 11.6 Å². The van der Waals surface area contributed by atoms with Gasteiger partial charge in [-0.25, -0.2) is 4.79 Å². The second-order valence-electron chi connectivity index (χ2n) is 3.76. The Hall–Kier alpha value is -1.78. The molecular weight excluding hydrogens is 254 g/mol. The topological polar surface area (TPSA) is 62.5 Å². The normalized spacial score (nSPS) is 10.5. The largest absolute Gasteiger partial charge is 0.478 e. The van der Waals surface area contributed by atoms with Crippen LogP contribution in [0.3, 0.4) is 0 Å². The Kier molecular flexibility index (Phi) is 4.02. The minimum absolute atomic E-state index is 0.182. The maximum absolute atomic E-state index is 10.9.